The first-order valence-electron chi connectivity index (χ1n) is 12.0. The van der Waals surface area contributed by atoms with Gasteiger partial charge in [-0.1, -0.05) is 78.9 Å². The Morgan fingerprint density at radius 2 is 1.14 bits per heavy atom. The van der Waals surface area contributed by atoms with Crippen LogP contribution < -0.4 is 4.74 Å². The lowest BCUT2D eigenvalue weighted by Crippen LogP contribution is -1.93. The number of pyridine rings is 2. The molecule has 0 aliphatic rings. The molecule has 0 fully saturated rings. The Morgan fingerprint density at radius 3 is 1.78 bits per heavy atom. The monoisotopic (exact) mass is 462 g/mol. The smallest absolute Gasteiger partial charge is 0.118 e. The Hall–Kier alpha value is -4.76. The van der Waals surface area contributed by atoms with Gasteiger partial charge in [-0.15, -0.1) is 0 Å². The number of nitrogens with zero attached hydrogens (tertiary/aromatic N) is 2. The Balaban J connectivity index is 1.59. The maximum atomic E-state index is 5.41. The summed E-state index contributed by atoms with van der Waals surface area (Å²) in [5.74, 6) is 0.853. The van der Waals surface area contributed by atoms with Gasteiger partial charge in [0, 0.05) is 22.5 Å². The van der Waals surface area contributed by atoms with Gasteiger partial charge in [-0.3, -0.25) is 4.98 Å². The Labute approximate surface area is 208 Å². The fourth-order valence-electron chi connectivity index (χ4n) is 5.33. The SMILES string of the molecule is COc1ccc(-c2c3ccccc3c(-c3ccc4cnc5ccccc5c4n3)c3ccccc23)cc1. The number of para-hydroxylation sites is 1. The topological polar surface area (TPSA) is 35.0 Å². The molecule has 3 heteroatoms. The van der Waals surface area contributed by atoms with Crippen molar-refractivity contribution in [3.8, 4) is 28.1 Å². The molecule has 7 aromatic rings. The summed E-state index contributed by atoms with van der Waals surface area (Å²) in [4.78, 5) is 9.86. The molecule has 0 atom stereocenters. The summed E-state index contributed by atoms with van der Waals surface area (Å²) >= 11 is 0. The summed E-state index contributed by atoms with van der Waals surface area (Å²) in [6, 6.07) is 38.1. The van der Waals surface area contributed by atoms with Crippen LogP contribution >= 0.6 is 0 Å². The lowest BCUT2D eigenvalue weighted by Gasteiger charge is -2.17. The summed E-state index contributed by atoms with van der Waals surface area (Å²) in [6.45, 7) is 0. The minimum absolute atomic E-state index is 0.853. The van der Waals surface area contributed by atoms with E-state index in [0.717, 1.165) is 38.8 Å². The van der Waals surface area contributed by atoms with E-state index in [1.165, 1.54) is 32.7 Å². The second kappa shape index (κ2) is 8.17. The van der Waals surface area contributed by atoms with E-state index >= 15 is 0 Å². The van der Waals surface area contributed by atoms with Gasteiger partial charge in [0.2, 0.25) is 0 Å². The Morgan fingerprint density at radius 1 is 0.556 bits per heavy atom. The van der Waals surface area contributed by atoms with Gasteiger partial charge in [-0.2, -0.15) is 0 Å². The molecular weight excluding hydrogens is 440 g/mol. The van der Waals surface area contributed by atoms with Gasteiger partial charge in [0.25, 0.3) is 0 Å². The molecule has 7 rings (SSSR count). The normalized spacial score (nSPS) is 11.5. The number of hydrogen-bond acceptors (Lipinski definition) is 3. The fourth-order valence-corrected chi connectivity index (χ4v) is 5.33. The van der Waals surface area contributed by atoms with E-state index in [1.807, 2.05) is 36.5 Å². The van der Waals surface area contributed by atoms with Crippen LogP contribution in [0.1, 0.15) is 0 Å². The van der Waals surface area contributed by atoms with Crippen LogP contribution in [-0.2, 0) is 0 Å². The quantitative estimate of drug-likeness (QED) is 0.195. The number of rotatable bonds is 3. The zero-order valence-corrected chi connectivity index (χ0v) is 19.8. The van der Waals surface area contributed by atoms with Gasteiger partial charge in [0.05, 0.1) is 23.8 Å². The molecule has 3 nitrogen and oxygen atoms in total. The molecule has 0 aliphatic heterocycles. The number of aromatic nitrogens is 2. The summed E-state index contributed by atoms with van der Waals surface area (Å²) in [5.41, 5.74) is 6.44. The molecule has 5 aromatic carbocycles. The molecule has 0 spiro atoms. The molecule has 2 heterocycles. The Bertz CT molecular complexity index is 1870. The van der Waals surface area contributed by atoms with Crippen LogP contribution in [0, 0.1) is 0 Å². The molecule has 2 aromatic heterocycles. The third-order valence-electron chi connectivity index (χ3n) is 6.99. The van der Waals surface area contributed by atoms with E-state index in [4.69, 9.17) is 9.72 Å². The van der Waals surface area contributed by atoms with Crippen molar-refractivity contribution in [1.29, 1.82) is 0 Å². The van der Waals surface area contributed by atoms with Crippen LogP contribution in [0.15, 0.2) is 115 Å². The van der Waals surface area contributed by atoms with Crippen molar-refractivity contribution in [3.05, 3.63) is 115 Å². The van der Waals surface area contributed by atoms with E-state index in [1.54, 1.807) is 7.11 Å². The number of benzene rings is 5. The molecule has 0 unspecified atom stereocenters. The predicted molar refractivity (Wildman–Crippen MR) is 149 cm³/mol. The third-order valence-corrected chi connectivity index (χ3v) is 6.99. The van der Waals surface area contributed by atoms with Crippen molar-refractivity contribution in [1.82, 2.24) is 9.97 Å². The minimum atomic E-state index is 0.853. The molecule has 0 saturated heterocycles. The fraction of sp³-hybridized carbons (Fsp3) is 0.0303. The molecule has 0 aliphatic carbocycles. The average Bonchev–Trinajstić information content (AvgIpc) is 2.95. The predicted octanol–water partition coefficient (Wildman–Crippen LogP) is 8.43. The second-order valence-electron chi connectivity index (χ2n) is 8.98. The van der Waals surface area contributed by atoms with Crippen molar-refractivity contribution in [2.75, 3.05) is 7.11 Å². The molecule has 0 N–H and O–H groups in total. The summed E-state index contributed by atoms with van der Waals surface area (Å²) in [6.07, 6.45) is 1.91. The highest BCUT2D eigenvalue weighted by Gasteiger charge is 2.17. The maximum Gasteiger partial charge on any atom is 0.118 e. The lowest BCUT2D eigenvalue weighted by molar-refractivity contribution is 0.415. The lowest BCUT2D eigenvalue weighted by atomic mass is 9.87. The number of hydrogen-bond donors (Lipinski definition) is 0. The van der Waals surface area contributed by atoms with Crippen LogP contribution in [0.5, 0.6) is 5.75 Å². The third kappa shape index (κ3) is 3.14. The van der Waals surface area contributed by atoms with E-state index in [9.17, 15) is 0 Å². The van der Waals surface area contributed by atoms with Crippen LogP contribution in [-0.4, -0.2) is 17.1 Å². The van der Waals surface area contributed by atoms with Gasteiger partial charge in [0.1, 0.15) is 5.75 Å². The Kier molecular flexibility index (Phi) is 4.68. The number of fused-ring (bicyclic) bond motifs is 5. The van der Waals surface area contributed by atoms with Crippen molar-refractivity contribution in [2.24, 2.45) is 0 Å². The zero-order valence-electron chi connectivity index (χ0n) is 19.8. The van der Waals surface area contributed by atoms with Crippen molar-refractivity contribution < 1.29 is 4.74 Å². The van der Waals surface area contributed by atoms with E-state index < -0.39 is 0 Å². The first-order chi connectivity index (χ1) is 17.8. The van der Waals surface area contributed by atoms with Crippen molar-refractivity contribution in [3.63, 3.8) is 0 Å². The standard InChI is InChI=1S/C33H22N2O/c1-36-23-17-14-21(15-18-23)31-24-8-2-4-10-26(24)32(27-11-5-3-9-25(27)31)30-19-16-22-20-34-29-13-7-6-12-28(29)33(22)35-30/h2-20H,1H3. The average molecular weight is 463 g/mol. The zero-order chi connectivity index (χ0) is 24.1. The highest BCUT2D eigenvalue weighted by atomic mass is 16.5. The van der Waals surface area contributed by atoms with Crippen molar-refractivity contribution >= 4 is 43.4 Å². The summed E-state index contributed by atoms with van der Waals surface area (Å²) < 4.78 is 5.41. The van der Waals surface area contributed by atoms with Gasteiger partial charge in [-0.05, 0) is 63.0 Å². The molecule has 36 heavy (non-hydrogen) atoms. The highest BCUT2D eigenvalue weighted by molar-refractivity contribution is 6.21. The summed E-state index contributed by atoms with van der Waals surface area (Å²) in [5, 5.41) is 6.90. The summed E-state index contributed by atoms with van der Waals surface area (Å²) in [7, 11) is 1.70. The molecular formula is C33H22N2O. The van der Waals surface area contributed by atoms with E-state index in [-0.39, 0.29) is 0 Å². The van der Waals surface area contributed by atoms with Crippen LogP contribution in [0.25, 0.3) is 65.7 Å². The van der Waals surface area contributed by atoms with Crippen LogP contribution in [0.3, 0.4) is 0 Å². The van der Waals surface area contributed by atoms with Crippen LogP contribution in [0.4, 0.5) is 0 Å². The molecule has 0 amide bonds. The molecule has 0 bridgehead atoms. The second-order valence-corrected chi connectivity index (χ2v) is 8.98. The number of methoxy groups -OCH3 is 1. The molecule has 170 valence electrons. The first kappa shape index (κ1) is 20.6. The minimum Gasteiger partial charge on any atom is -0.497 e. The van der Waals surface area contributed by atoms with Crippen LogP contribution in [0.2, 0.25) is 0 Å². The maximum absolute atomic E-state index is 5.41. The van der Waals surface area contributed by atoms with Gasteiger partial charge >= 0.3 is 0 Å². The van der Waals surface area contributed by atoms with E-state index in [0.29, 0.717) is 0 Å². The highest BCUT2D eigenvalue weighted by Crippen LogP contribution is 2.43. The van der Waals surface area contributed by atoms with Gasteiger partial charge < -0.3 is 4.74 Å². The first-order valence-corrected chi connectivity index (χ1v) is 12.0. The van der Waals surface area contributed by atoms with Gasteiger partial charge in [0.15, 0.2) is 0 Å². The number of ether oxygens (including phenoxy) is 1. The molecule has 0 saturated carbocycles. The van der Waals surface area contributed by atoms with E-state index in [2.05, 4.69) is 83.8 Å². The molecule has 0 radical (unpaired) electrons. The van der Waals surface area contributed by atoms with Gasteiger partial charge in [-0.25, -0.2) is 4.98 Å². The van der Waals surface area contributed by atoms with Crippen molar-refractivity contribution in [2.45, 2.75) is 0 Å². The largest absolute Gasteiger partial charge is 0.497 e.